The molecular formula is C19H30N6O. The molecular weight excluding hydrogens is 328 g/mol. The van der Waals surface area contributed by atoms with E-state index in [-0.39, 0.29) is 6.04 Å². The van der Waals surface area contributed by atoms with Gasteiger partial charge in [-0.1, -0.05) is 32.9 Å². The first-order valence-corrected chi connectivity index (χ1v) is 9.47. The normalized spacial score (nSPS) is 17.6. The summed E-state index contributed by atoms with van der Waals surface area (Å²) in [6, 6.07) is 8.32. The first-order chi connectivity index (χ1) is 12.6. The summed E-state index contributed by atoms with van der Waals surface area (Å²) in [4.78, 5) is 5.03. The van der Waals surface area contributed by atoms with E-state index in [1.165, 1.54) is 0 Å². The zero-order valence-corrected chi connectivity index (χ0v) is 16.3. The van der Waals surface area contributed by atoms with Gasteiger partial charge in [-0.25, -0.2) is 4.68 Å². The summed E-state index contributed by atoms with van der Waals surface area (Å²) in [5.74, 6) is 2.27. The lowest BCUT2D eigenvalue weighted by atomic mass is 10.0. The largest absolute Gasteiger partial charge is 0.497 e. The average molecular weight is 358 g/mol. The van der Waals surface area contributed by atoms with Crippen LogP contribution in [0.1, 0.15) is 38.2 Å². The molecule has 2 aromatic rings. The Morgan fingerprint density at radius 2 is 1.77 bits per heavy atom. The number of hydrogen-bond donors (Lipinski definition) is 0. The molecule has 0 aliphatic carbocycles. The van der Waals surface area contributed by atoms with Gasteiger partial charge >= 0.3 is 0 Å². The number of aromatic nitrogens is 4. The minimum absolute atomic E-state index is 0.238. The summed E-state index contributed by atoms with van der Waals surface area (Å²) >= 11 is 0. The topological polar surface area (TPSA) is 59.3 Å². The Morgan fingerprint density at radius 3 is 2.35 bits per heavy atom. The molecule has 2 heterocycles. The molecule has 0 N–H and O–H groups in total. The van der Waals surface area contributed by atoms with Crippen LogP contribution in [-0.2, 0) is 6.54 Å². The molecule has 1 fully saturated rings. The highest BCUT2D eigenvalue weighted by molar-refractivity contribution is 5.27. The number of methoxy groups -OCH3 is 1. The Bertz CT molecular complexity index is 676. The molecule has 7 nitrogen and oxygen atoms in total. The SMILES string of the molecule is CCN1CCN([C@H](c2nnnn2Cc2ccc(OC)cc2)C(C)C)CC1. The highest BCUT2D eigenvalue weighted by Gasteiger charge is 2.31. The lowest BCUT2D eigenvalue weighted by molar-refractivity contribution is 0.0722. The van der Waals surface area contributed by atoms with E-state index in [0.717, 1.165) is 49.9 Å². The molecule has 0 bridgehead atoms. The highest BCUT2D eigenvalue weighted by Crippen LogP contribution is 2.28. The summed E-state index contributed by atoms with van der Waals surface area (Å²) in [5.41, 5.74) is 1.16. The van der Waals surface area contributed by atoms with Gasteiger partial charge in [-0.2, -0.15) is 0 Å². The van der Waals surface area contributed by atoms with Crippen molar-refractivity contribution in [2.24, 2.45) is 5.92 Å². The van der Waals surface area contributed by atoms with Crippen LogP contribution in [-0.4, -0.2) is 69.8 Å². The van der Waals surface area contributed by atoms with Crippen molar-refractivity contribution in [3.63, 3.8) is 0 Å². The standard InChI is InChI=1S/C19H30N6O/c1-5-23-10-12-24(13-11-23)18(15(2)3)19-20-21-22-25(19)14-16-6-8-17(26-4)9-7-16/h6-9,15,18H,5,10-14H2,1-4H3/t18-/m0/s1. The van der Waals surface area contributed by atoms with E-state index in [2.05, 4.69) is 58.2 Å². The Balaban J connectivity index is 1.77. The molecule has 0 spiro atoms. The number of hydrogen-bond acceptors (Lipinski definition) is 6. The van der Waals surface area contributed by atoms with Crippen molar-refractivity contribution in [3.05, 3.63) is 35.7 Å². The predicted octanol–water partition coefficient (Wildman–Crippen LogP) is 2.06. The van der Waals surface area contributed by atoms with E-state index in [1.807, 2.05) is 16.8 Å². The van der Waals surface area contributed by atoms with Gasteiger partial charge in [0.1, 0.15) is 5.75 Å². The van der Waals surface area contributed by atoms with E-state index < -0.39 is 0 Å². The molecule has 1 aliphatic rings. The van der Waals surface area contributed by atoms with Crippen LogP contribution in [0.3, 0.4) is 0 Å². The van der Waals surface area contributed by atoms with E-state index in [0.29, 0.717) is 12.5 Å². The van der Waals surface area contributed by atoms with Crippen LogP contribution in [0.5, 0.6) is 5.75 Å². The molecule has 0 radical (unpaired) electrons. The fraction of sp³-hybridized carbons (Fsp3) is 0.632. The minimum Gasteiger partial charge on any atom is -0.497 e. The molecule has 142 valence electrons. The molecule has 7 heteroatoms. The zero-order valence-electron chi connectivity index (χ0n) is 16.3. The first-order valence-electron chi connectivity index (χ1n) is 9.47. The number of ether oxygens (including phenoxy) is 1. The van der Waals surface area contributed by atoms with Crippen LogP contribution in [0.15, 0.2) is 24.3 Å². The Morgan fingerprint density at radius 1 is 1.08 bits per heavy atom. The van der Waals surface area contributed by atoms with E-state index in [4.69, 9.17) is 4.74 Å². The fourth-order valence-corrected chi connectivity index (χ4v) is 3.68. The molecule has 0 saturated carbocycles. The number of tetrazole rings is 1. The van der Waals surface area contributed by atoms with Gasteiger partial charge in [0.15, 0.2) is 5.82 Å². The van der Waals surface area contributed by atoms with Gasteiger partial charge in [0.25, 0.3) is 0 Å². The molecule has 1 aromatic heterocycles. The van der Waals surface area contributed by atoms with Crippen LogP contribution in [0.2, 0.25) is 0 Å². The van der Waals surface area contributed by atoms with Crippen molar-refractivity contribution in [2.75, 3.05) is 39.8 Å². The molecule has 1 aliphatic heterocycles. The lowest BCUT2D eigenvalue weighted by Crippen LogP contribution is -2.48. The second-order valence-corrected chi connectivity index (χ2v) is 7.20. The molecule has 0 unspecified atom stereocenters. The number of piperazine rings is 1. The van der Waals surface area contributed by atoms with Gasteiger partial charge in [0, 0.05) is 26.2 Å². The Labute approximate surface area is 155 Å². The average Bonchev–Trinajstić information content (AvgIpc) is 3.10. The Kier molecular flexibility index (Phi) is 6.21. The number of likely N-dealkylation sites (N-methyl/N-ethyl adjacent to an activating group) is 1. The summed E-state index contributed by atoms with van der Waals surface area (Å²) in [6.07, 6.45) is 0. The van der Waals surface area contributed by atoms with Crippen LogP contribution in [0, 0.1) is 5.92 Å². The van der Waals surface area contributed by atoms with Crippen LogP contribution < -0.4 is 4.74 Å². The van der Waals surface area contributed by atoms with Crippen molar-refractivity contribution < 1.29 is 4.74 Å². The molecule has 1 saturated heterocycles. The number of rotatable bonds is 7. The third kappa shape index (κ3) is 4.22. The predicted molar refractivity (Wildman–Crippen MR) is 101 cm³/mol. The van der Waals surface area contributed by atoms with Crippen LogP contribution in [0.4, 0.5) is 0 Å². The summed E-state index contributed by atoms with van der Waals surface area (Å²) in [5, 5.41) is 12.7. The summed E-state index contributed by atoms with van der Waals surface area (Å²) in [6.45, 7) is 12.9. The van der Waals surface area contributed by atoms with Crippen molar-refractivity contribution in [1.82, 2.24) is 30.0 Å². The van der Waals surface area contributed by atoms with Gasteiger partial charge in [0.2, 0.25) is 0 Å². The van der Waals surface area contributed by atoms with Gasteiger partial charge in [0.05, 0.1) is 19.7 Å². The quantitative estimate of drug-likeness (QED) is 0.755. The second kappa shape index (κ2) is 8.60. The first kappa shape index (κ1) is 18.8. The van der Waals surface area contributed by atoms with Gasteiger partial charge in [-0.3, -0.25) is 4.90 Å². The lowest BCUT2D eigenvalue weighted by Gasteiger charge is -2.39. The minimum atomic E-state index is 0.238. The van der Waals surface area contributed by atoms with E-state index >= 15 is 0 Å². The van der Waals surface area contributed by atoms with E-state index in [1.54, 1.807) is 7.11 Å². The maximum Gasteiger partial charge on any atom is 0.169 e. The van der Waals surface area contributed by atoms with Crippen LogP contribution in [0.25, 0.3) is 0 Å². The molecule has 1 aromatic carbocycles. The van der Waals surface area contributed by atoms with Crippen LogP contribution >= 0.6 is 0 Å². The Hall–Kier alpha value is -1.99. The monoisotopic (exact) mass is 358 g/mol. The smallest absolute Gasteiger partial charge is 0.169 e. The van der Waals surface area contributed by atoms with Crippen molar-refractivity contribution in [3.8, 4) is 5.75 Å². The second-order valence-electron chi connectivity index (χ2n) is 7.20. The third-order valence-corrected chi connectivity index (χ3v) is 5.19. The molecule has 3 rings (SSSR count). The third-order valence-electron chi connectivity index (χ3n) is 5.19. The van der Waals surface area contributed by atoms with E-state index in [9.17, 15) is 0 Å². The maximum absolute atomic E-state index is 5.24. The molecule has 26 heavy (non-hydrogen) atoms. The number of benzene rings is 1. The molecule has 1 atom stereocenters. The number of nitrogens with zero attached hydrogens (tertiary/aromatic N) is 6. The van der Waals surface area contributed by atoms with Gasteiger partial charge in [-0.15, -0.1) is 5.10 Å². The molecule has 0 amide bonds. The van der Waals surface area contributed by atoms with Crippen molar-refractivity contribution >= 4 is 0 Å². The summed E-state index contributed by atoms with van der Waals surface area (Å²) in [7, 11) is 1.68. The highest BCUT2D eigenvalue weighted by atomic mass is 16.5. The summed E-state index contributed by atoms with van der Waals surface area (Å²) < 4.78 is 7.18. The van der Waals surface area contributed by atoms with Gasteiger partial charge in [-0.05, 0) is 40.6 Å². The fourth-order valence-electron chi connectivity index (χ4n) is 3.68. The van der Waals surface area contributed by atoms with Gasteiger partial charge < -0.3 is 9.64 Å². The zero-order chi connectivity index (χ0) is 18.5. The van der Waals surface area contributed by atoms with Crippen molar-refractivity contribution in [2.45, 2.75) is 33.4 Å². The maximum atomic E-state index is 5.24. The van der Waals surface area contributed by atoms with Crippen molar-refractivity contribution in [1.29, 1.82) is 0 Å².